The molecule has 0 N–H and O–H groups in total. The molecule has 0 aromatic heterocycles. The Labute approximate surface area is 147 Å². The standard InChI is InChI=1S/C18H14FN2O2Se/c1-2-23-15-9-3-12(4-10-15)11-16-17(22)21(18(24)20-16)14-7-5-13(19)6-8-14/h3-11H,2H2,1H3/b16-11-. The third kappa shape index (κ3) is 3.40. The summed E-state index contributed by atoms with van der Waals surface area (Å²) in [6.07, 6.45) is 1.71. The molecule has 6 heteroatoms. The van der Waals surface area contributed by atoms with Crippen molar-refractivity contribution in [3.05, 3.63) is 65.6 Å². The van der Waals surface area contributed by atoms with Gasteiger partial charge < -0.3 is 0 Å². The molecule has 0 saturated heterocycles. The molecule has 0 spiro atoms. The van der Waals surface area contributed by atoms with Crippen LogP contribution in [-0.2, 0) is 4.79 Å². The van der Waals surface area contributed by atoms with E-state index in [1.54, 1.807) is 18.2 Å². The van der Waals surface area contributed by atoms with Gasteiger partial charge in [0.25, 0.3) is 0 Å². The molecule has 121 valence electrons. The van der Waals surface area contributed by atoms with Crippen LogP contribution in [0.4, 0.5) is 10.1 Å². The number of carbonyl (C=O) groups excluding carboxylic acids is 1. The van der Waals surface area contributed by atoms with Gasteiger partial charge >= 0.3 is 147 Å². The van der Waals surface area contributed by atoms with E-state index in [4.69, 9.17) is 4.74 Å². The van der Waals surface area contributed by atoms with Gasteiger partial charge in [0.1, 0.15) is 0 Å². The number of ether oxygens (including phenoxy) is 1. The molecule has 0 bridgehead atoms. The second-order valence-electron chi connectivity index (χ2n) is 5.04. The van der Waals surface area contributed by atoms with Crippen molar-refractivity contribution in [2.24, 2.45) is 4.99 Å². The van der Waals surface area contributed by atoms with E-state index >= 15 is 0 Å². The molecule has 0 atom stereocenters. The van der Waals surface area contributed by atoms with Crippen LogP contribution in [0.3, 0.4) is 0 Å². The Balaban J connectivity index is 1.85. The van der Waals surface area contributed by atoms with Crippen LogP contribution in [0, 0.1) is 5.82 Å². The van der Waals surface area contributed by atoms with E-state index in [1.165, 1.54) is 17.0 Å². The van der Waals surface area contributed by atoms with E-state index in [1.807, 2.05) is 31.2 Å². The molecule has 4 nitrogen and oxygen atoms in total. The van der Waals surface area contributed by atoms with E-state index in [2.05, 4.69) is 21.0 Å². The number of anilines is 1. The van der Waals surface area contributed by atoms with E-state index in [9.17, 15) is 9.18 Å². The molecule has 0 saturated carbocycles. The van der Waals surface area contributed by atoms with Crippen LogP contribution in [0.1, 0.15) is 12.5 Å². The number of benzene rings is 2. The Morgan fingerprint density at radius 3 is 2.46 bits per heavy atom. The summed E-state index contributed by atoms with van der Waals surface area (Å²) in [6.45, 7) is 2.52. The minimum absolute atomic E-state index is 0.260. The first-order chi connectivity index (χ1) is 11.6. The second kappa shape index (κ2) is 6.99. The van der Waals surface area contributed by atoms with Crippen LogP contribution in [-0.4, -0.2) is 33.3 Å². The van der Waals surface area contributed by atoms with Gasteiger partial charge in [-0.2, -0.15) is 0 Å². The first kappa shape index (κ1) is 16.4. The maximum atomic E-state index is 13.1. The molecule has 1 radical (unpaired) electrons. The number of rotatable bonds is 4. The van der Waals surface area contributed by atoms with Crippen LogP contribution in [0.5, 0.6) is 5.75 Å². The average Bonchev–Trinajstić information content (AvgIpc) is 2.85. The van der Waals surface area contributed by atoms with Crippen LogP contribution in [0.25, 0.3) is 6.08 Å². The Kier molecular flexibility index (Phi) is 4.78. The molecule has 24 heavy (non-hydrogen) atoms. The molecule has 0 fully saturated rings. The van der Waals surface area contributed by atoms with Gasteiger partial charge in [-0.25, -0.2) is 0 Å². The maximum absolute atomic E-state index is 13.1. The Bertz CT molecular complexity index is 814. The number of nitrogens with zero attached hydrogens (tertiary/aromatic N) is 2. The van der Waals surface area contributed by atoms with Crippen molar-refractivity contribution in [2.75, 3.05) is 11.5 Å². The van der Waals surface area contributed by atoms with Crippen molar-refractivity contribution >= 4 is 38.4 Å². The van der Waals surface area contributed by atoms with Crippen molar-refractivity contribution in [1.82, 2.24) is 0 Å². The van der Waals surface area contributed by atoms with Gasteiger partial charge in [-0.05, 0) is 0 Å². The van der Waals surface area contributed by atoms with Gasteiger partial charge in [-0.3, -0.25) is 0 Å². The Hall–Kier alpha value is -2.43. The summed E-state index contributed by atoms with van der Waals surface area (Å²) in [7, 11) is 0. The van der Waals surface area contributed by atoms with E-state index in [0.717, 1.165) is 11.3 Å². The average molecular weight is 388 g/mol. The fourth-order valence-corrected chi connectivity index (χ4v) is 2.90. The SMILES string of the molecule is CCOc1ccc(/C=C2\N=C([Se])N(c3ccc(F)cc3)C2=O)cc1. The summed E-state index contributed by atoms with van der Waals surface area (Å²) >= 11 is 2.77. The number of hydrogen-bond donors (Lipinski definition) is 0. The molecule has 3 rings (SSSR count). The van der Waals surface area contributed by atoms with E-state index in [0.29, 0.717) is 22.7 Å². The molecule has 1 amide bonds. The molecule has 2 aromatic rings. The molecule has 1 heterocycles. The quantitative estimate of drug-likeness (QED) is 0.597. The van der Waals surface area contributed by atoms with Gasteiger partial charge in [-0.15, -0.1) is 0 Å². The molecule has 1 aliphatic rings. The first-order valence-corrected chi connectivity index (χ1v) is 8.24. The normalized spacial score (nSPS) is 15.8. The van der Waals surface area contributed by atoms with Crippen molar-refractivity contribution in [3.63, 3.8) is 0 Å². The van der Waals surface area contributed by atoms with Gasteiger partial charge in [0.15, 0.2) is 0 Å². The topological polar surface area (TPSA) is 41.9 Å². The van der Waals surface area contributed by atoms with Crippen molar-refractivity contribution in [2.45, 2.75) is 6.92 Å². The van der Waals surface area contributed by atoms with Gasteiger partial charge in [-0.1, -0.05) is 0 Å². The third-order valence-corrected chi connectivity index (χ3v) is 3.98. The summed E-state index contributed by atoms with van der Waals surface area (Å²) in [5, 5.41) is 0. The molecule has 2 aromatic carbocycles. The number of amidine groups is 1. The summed E-state index contributed by atoms with van der Waals surface area (Å²) in [4.78, 5) is 18.3. The molecule has 0 unspecified atom stereocenters. The summed E-state index contributed by atoms with van der Waals surface area (Å²) in [5.41, 5.74) is 1.73. The van der Waals surface area contributed by atoms with Gasteiger partial charge in [0, 0.05) is 0 Å². The van der Waals surface area contributed by atoms with E-state index < -0.39 is 0 Å². The molecule has 1 aliphatic heterocycles. The van der Waals surface area contributed by atoms with Crippen LogP contribution >= 0.6 is 0 Å². The number of carbonyl (C=O) groups is 1. The van der Waals surface area contributed by atoms with Crippen LogP contribution in [0.15, 0.2) is 59.2 Å². The van der Waals surface area contributed by atoms with Gasteiger partial charge in [0.05, 0.1) is 0 Å². The van der Waals surface area contributed by atoms with Crippen molar-refractivity contribution in [1.29, 1.82) is 0 Å². The second-order valence-corrected chi connectivity index (χ2v) is 5.81. The molecular formula is C18H14FN2O2Se. The zero-order chi connectivity index (χ0) is 17.1. The van der Waals surface area contributed by atoms with Gasteiger partial charge in [0.2, 0.25) is 0 Å². The zero-order valence-corrected chi connectivity index (χ0v) is 14.6. The Morgan fingerprint density at radius 1 is 1.17 bits per heavy atom. The molecular weight excluding hydrogens is 374 g/mol. The van der Waals surface area contributed by atoms with Crippen molar-refractivity contribution < 1.29 is 13.9 Å². The fourth-order valence-electron chi connectivity index (χ4n) is 2.30. The minimum atomic E-state index is -0.353. The number of aliphatic imine (C=N–C) groups is 1. The number of amides is 1. The van der Waals surface area contributed by atoms with E-state index in [-0.39, 0.29) is 11.7 Å². The Morgan fingerprint density at radius 2 is 1.83 bits per heavy atom. The summed E-state index contributed by atoms with van der Waals surface area (Å²) in [5.74, 6) is 0.164. The monoisotopic (exact) mass is 389 g/mol. The first-order valence-electron chi connectivity index (χ1n) is 7.39. The predicted molar refractivity (Wildman–Crippen MR) is 92.7 cm³/mol. The number of halogens is 1. The number of hydrogen-bond acceptors (Lipinski definition) is 3. The van der Waals surface area contributed by atoms with Crippen molar-refractivity contribution in [3.8, 4) is 5.75 Å². The fraction of sp³-hybridized carbons (Fsp3) is 0.111. The van der Waals surface area contributed by atoms with Crippen LogP contribution in [0.2, 0.25) is 0 Å². The predicted octanol–water partition coefficient (Wildman–Crippen LogP) is 3.14. The van der Waals surface area contributed by atoms with Crippen LogP contribution < -0.4 is 9.64 Å². The zero-order valence-electron chi connectivity index (χ0n) is 12.9. The summed E-state index contributed by atoms with van der Waals surface area (Å²) < 4.78 is 18.9. The summed E-state index contributed by atoms with van der Waals surface area (Å²) in [6, 6.07) is 13.1. The third-order valence-electron chi connectivity index (χ3n) is 3.41. The molecule has 0 aliphatic carbocycles.